The average Bonchev–Trinajstić information content (AvgIpc) is 3.43. The Morgan fingerprint density at radius 3 is 2.15 bits per heavy atom. The summed E-state index contributed by atoms with van der Waals surface area (Å²) in [5.74, 6) is -0.695. The van der Waals surface area contributed by atoms with Gasteiger partial charge in [-0.2, -0.15) is 0 Å². The van der Waals surface area contributed by atoms with Crippen molar-refractivity contribution in [3.8, 4) is 0 Å². The second kappa shape index (κ2) is 13.8. The zero-order chi connectivity index (χ0) is 28.7. The molecule has 40 heavy (non-hydrogen) atoms. The number of halogens is 2. The molecule has 1 aliphatic carbocycles. The van der Waals surface area contributed by atoms with Gasteiger partial charge in [-0.05, 0) is 64.2 Å². The lowest BCUT2D eigenvalue weighted by Crippen LogP contribution is -2.54. The second-order valence-electron chi connectivity index (χ2n) is 10.1. The number of rotatable bonds is 11. The highest BCUT2D eigenvalue weighted by Gasteiger charge is 2.34. The predicted octanol–water partition coefficient (Wildman–Crippen LogP) is 5.68. The molecule has 0 aromatic heterocycles. The van der Waals surface area contributed by atoms with Crippen molar-refractivity contribution in [2.24, 2.45) is 0 Å². The summed E-state index contributed by atoms with van der Waals surface area (Å²) >= 11 is 6.87. The molecule has 1 fully saturated rings. The number of nitrogens with one attached hydrogen (secondary N) is 1. The van der Waals surface area contributed by atoms with Crippen LogP contribution in [-0.4, -0.2) is 50.0 Å². The van der Waals surface area contributed by atoms with E-state index in [4.69, 9.17) is 0 Å². The van der Waals surface area contributed by atoms with Crippen LogP contribution in [0.1, 0.15) is 36.8 Å². The molecule has 0 aliphatic heterocycles. The van der Waals surface area contributed by atoms with E-state index in [9.17, 15) is 18.0 Å². The fourth-order valence-electron chi connectivity index (χ4n) is 4.96. The van der Waals surface area contributed by atoms with Crippen LogP contribution < -0.4 is 9.62 Å². The maximum atomic E-state index is 14.1. The lowest BCUT2D eigenvalue weighted by molar-refractivity contribution is -0.140. The van der Waals surface area contributed by atoms with E-state index < -0.39 is 28.5 Å². The Morgan fingerprint density at radius 1 is 0.900 bits per heavy atom. The summed E-state index contributed by atoms with van der Waals surface area (Å²) in [7, 11) is -3.82. The first-order valence-corrected chi connectivity index (χ1v) is 16.7. The van der Waals surface area contributed by atoms with Crippen LogP contribution in [0.3, 0.4) is 0 Å². The van der Waals surface area contributed by atoms with Gasteiger partial charge < -0.3 is 10.2 Å². The Balaban J connectivity index is 1.72. The van der Waals surface area contributed by atoms with E-state index in [0.29, 0.717) is 16.6 Å². The summed E-state index contributed by atoms with van der Waals surface area (Å²) in [4.78, 5) is 29.5. The molecule has 1 N–H and O–H groups in total. The van der Waals surface area contributed by atoms with E-state index in [1.165, 1.54) is 4.90 Å². The zero-order valence-corrected chi connectivity index (χ0v) is 26.3. The van der Waals surface area contributed by atoms with Crippen LogP contribution in [0.15, 0.2) is 87.8 Å². The fraction of sp³-hybridized carbons (Fsp3) is 0.333. The number of carbonyl (C=O) groups is 2. The van der Waals surface area contributed by atoms with E-state index in [2.05, 4.69) is 37.2 Å². The first-order valence-electron chi connectivity index (χ1n) is 13.2. The zero-order valence-electron chi connectivity index (χ0n) is 22.3. The minimum absolute atomic E-state index is 0.0724. The third-order valence-electron chi connectivity index (χ3n) is 7.04. The molecule has 2 amide bonds. The summed E-state index contributed by atoms with van der Waals surface area (Å²) in [6, 6.07) is 23.2. The molecule has 0 heterocycles. The molecule has 0 radical (unpaired) electrons. The molecule has 212 valence electrons. The third kappa shape index (κ3) is 8.17. The first kappa shape index (κ1) is 30.3. The predicted molar refractivity (Wildman–Crippen MR) is 165 cm³/mol. The van der Waals surface area contributed by atoms with E-state index in [-0.39, 0.29) is 18.5 Å². The normalized spacial score (nSPS) is 14.5. The molecule has 3 aromatic carbocycles. The maximum Gasteiger partial charge on any atom is 0.244 e. The Morgan fingerprint density at radius 2 is 1.52 bits per heavy atom. The molecule has 4 rings (SSSR count). The van der Waals surface area contributed by atoms with Gasteiger partial charge in [-0.3, -0.25) is 13.9 Å². The molecule has 1 aliphatic rings. The standard InChI is InChI=1S/C30H33Br2N3O4S/c1-40(38,39)35(27-14-8-7-13-26(27)32)21-29(36)34(20-23-15-17-24(31)18-16-23)28(19-22-9-3-2-4-10-22)30(37)33-25-11-5-6-12-25/h2-4,7-10,13-18,25,28H,5-6,11-12,19-21H2,1H3,(H,33,37)/t28-/m0/s1. The molecule has 1 atom stereocenters. The molecule has 0 saturated heterocycles. The van der Waals surface area contributed by atoms with Gasteiger partial charge in [0.15, 0.2) is 0 Å². The lowest BCUT2D eigenvalue weighted by atomic mass is 10.0. The van der Waals surface area contributed by atoms with E-state index in [1.807, 2.05) is 54.6 Å². The Labute approximate surface area is 253 Å². The molecule has 3 aromatic rings. The second-order valence-corrected chi connectivity index (χ2v) is 13.7. The molecule has 10 heteroatoms. The van der Waals surface area contributed by atoms with Crippen molar-refractivity contribution < 1.29 is 18.0 Å². The van der Waals surface area contributed by atoms with Crippen LogP contribution in [0.25, 0.3) is 0 Å². The Kier molecular flexibility index (Phi) is 10.4. The van der Waals surface area contributed by atoms with Gasteiger partial charge in [0, 0.05) is 28.0 Å². The number of carbonyl (C=O) groups excluding carboxylic acids is 2. The van der Waals surface area contributed by atoms with Crippen LogP contribution in [0.4, 0.5) is 5.69 Å². The molecular weight excluding hydrogens is 658 g/mol. The van der Waals surface area contributed by atoms with Crippen molar-refractivity contribution in [2.45, 2.75) is 50.7 Å². The number of hydrogen-bond donors (Lipinski definition) is 1. The topological polar surface area (TPSA) is 86.8 Å². The van der Waals surface area contributed by atoms with Crippen molar-refractivity contribution in [2.75, 3.05) is 17.1 Å². The van der Waals surface area contributed by atoms with Gasteiger partial charge in [0.1, 0.15) is 12.6 Å². The minimum Gasteiger partial charge on any atom is -0.352 e. The van der Waals surface area contributed by atoms with Crippen LogP contribution in [-0.2, 0) is 32.6 Å². The van der Waals surface area contributed by atoms with E-state index in [0.717, 1.165) is 51.8 Å². The van der Waals surface area contributed by atoms with Crippen LogP contribution in [0, 0.1) is 0 Å². The highest BCUT2D eigenvalue weighted by atomic mass is 79.9. The van der Waals surface area contributed by atoms with Crippen molar-refractivity contribution in [3.05, 3.63) is 98.9 Å². The molecule has 0 unspecified atom stereocenters. The number of sulfonamides is 1. The highest BCUT2D eigenvalue weighted by molar-refractivity contribution is 9.10. The first-order chi connectivity index (χ1) is 19.1. The van der Waals surface area contributed by atoms with Gasteiger partial charge >= 0.3 is 0 Å². The van der Waals surface area contributed by atoms with E-state index >= 15 is 0 Å². The summed E-state index contributed by atoms with van der Waals surface area (Å²) in [6.07, 6.45) is 5.32. The summed E-state index contributed by atoms with van der Waals surface area (Å²) in [5, 5.41) is 3.17. The molecule has 0 spiro atoms. The molecule has 7 nitrogen and oxygen atoms in total. The number of anilines is 1. The number of amides is 2. The monoisotopic (exact) mass is 689 g/mol. The fourth-order valence-corrected chi connectivity index (χ4v) is 6.70. The van der Waals surface area contributed by atoms with Crippen molar-refractivity contribution in [1.82, 2.24) is 10.2 Å². The Bertz CT molecular complexity index is 1410. The number of hydrogen-bond acceptors (Lipinski definition) is 4. The van der Waals surface area contributed by atoms with Gasteiger partial charge in [0.05, 0.1) is 11.9 Å². The smallest absolute Gasteiger partial charge is 0.244 e. The SMILES string of the molecule is CS(=O)(=O)N(CC(=O)N(Cc1ccc(Br)cc1)[C@@H](Cc1ccccc1)C(=O)NC1CCCC1)c1ccccc1Br. The molecule has 0 bridgehead atoms. The quantitative estimate of drug-likeness (QED) is 0.281. The maximum absolute atomic E-state index is 14.1. The number of para-hydroxylation sites is 1. The van der Waals surface area contributed by atoms with Gasteiger partial charge in [-0.1, -0.05) is 83.4 Å². The summed E-state index contributed by atoms with van der Waals surface area (Å²) < 4.78 is 28.4. The molecular formula is C30H33Br2N3O4S. The Hall–Kier alpha value is -2.69. The van der Waals surface area contributed by atoms with Crippen molar-refractivity contribution in [3.63, 3.8) is 0 Å². The van der Waals surface area contributed by atoms with Crippen LogP contribution in [0.2, 0.25) is 0 Å². The van der Waals surface area contributed by atoms with Crippen LogP contribution >= 0.6 is 31.9 Å². The van der Waals surface area contributed by atoms with Gasteiger partial charge in [-0.25, -0.2) is 8.42 Å². The minimum atomic E-state index is -3.82. The average molecular weight is 691 g/mol. The molecule has 1 saturated carbocycles. The summed E-state index contributed by atoms with van der Waals surface area (Å²) in [5.41, 5.74) is 2.10. The number of benzene rings is 3. The van der Waals surface area contributed by atoms with Crippen LogP contribution in [0.5, 0.6) is 0 Å². The van der Waals surface area contributed by atoms with E-state index in [1.54, 1.807) is 24.3 Å². The van der Waals surface area contributed by atoms with Gasteiger partial charge in [0.25, 0.3) is 0 Å². The number of nitrogens with zero attached hydrogens (tertiary/aromatic N) is 2. The van der Waals surface area contributed by atoms with Crippen molar-refractivity contribution >= 4 is 59.4 Å². The van der Waals surface area contributed by atoms with Gasteiger partial charge in [-0.15, -0.1) is 0 Å². The highest BCUT2D eigenvalue weighted by Crippen LogP contribution is 2.28. The summed E-state index contributed by atoms with van der Waals surface area (Å²) in [6.45, 7) is -0.296. The third-order valence-corrected chi connectivity index (χ3v) is 9.36. The van der Waals surface area contributed by atoms with Crippen molar-refractivity contribution in [1.29, 1.82) is 0 Å². The largest absolute Gasteiger partial charge is 0.352 e. The van der Waals surface area contributed by atoms with Gasteiger partial charge in [0.2, 0.25) is 21.8 Å². The lowest BCUT2D eigenvalue weighted by Gasteiger charge is -2.34.